The molecular formula is C21H23Cl4N3O4S. The molecule has 2 aromatic rings. The molecule has 0 unspecified atom stereocenters. The third-order valence-electron chi connectivity index (χ3n) is 4.72. The van der Waals surface area contributed by atoms with Gasteiger partial charge < -0.3 is 10.2 Å². The summed E-state index contributed by atoms with van der Waals surface area (Å²) >= 11 is 24.2. The van der Waals surface area contributed by atoms with E-state index in [1.165, 1.54) is 17.0 Å². The number of carbonyl (C=O) groups excluding carboxylic acids is 2. The highest BCUT2D eigenvalue weighted by Gasteiger charge is 2.31. The molecule has 33 heavy (non-hydrogen) atoms. The van der Waals surface area contributed by atoms with E-state index >= 15 is 0 Å². The van der Waals surface area contributed by atoms with Gasteiger partial charge in [0.25, 0.3) is 0 Å². The summed E-state index contributed by atoms with van der Waals surface area (Å²) in [4.78, 5) is 27.2. The highest BCUT2D eigenvalue weighted by molar-refractivity contribution is 7.92. The maximum Gasteiger partial charge on any atom is 0.244 e. The molecule has 2 aromatic carbocycles. The zero-order valence-electron chi connectivity index (χ0n) is 18.1. The molecule has 2 amide bonds. The molecule has 0 radical (unpaired) electrons. The van der Waals surface area contributed by atoms with E-state index < -0.39 is 28.5 Å². The van der Waals surface area contributed by atoms with Gasteiger partial charge in [-0.25, -0.2) is 8.42 Å². The van der Waals surface area contributed by atoms with E-state index in [4.69, 9.17) is 46.4 Å². The Morgan fingerprint density at radius 3 is 2.12 bits per heavy atom. The molecule has 0 spiro atoms. The Hall–Kier alpha value is -1.71. The number of hydrogen-bond donors (Lipinski definition) is 1. The predicted octanol–water partition coefficient (Wildman–Crippen LogP) is 4.62. The van der Waals surface area contributed by atoms with Crippen LogP contribution in [0.25, 0.3) is 0 Å². The van der Waals surface area contributed by atoms with Crippen LogP contribution in [0.3, 0.4) is 0 Å². The molecule has 0 heterocycles. The average molecular weight is 555 g/mol. The van der Waals surface area contributed by atoms with Crippen LogP contribution in [-0.4, -0.2) is 50.5 Å². The van der Waals surface area contributed by atoms with Crippen LogP contribution >= 0.6 is 46.4 Å². The third kappa shape index (κ3) is 7.39. The van der Waals surface area contributed by atoms with E-state index in [0.717, 1.165) is 10.6 Å². The van der Waals surface area contributed by atoms with Gasteiger partial charge >= 0.3 is 0 Å². The van der Waals surface area contributed by atoms with Gasteiger partial charge in [0.2, 0.25) is 21.8 Å². The smallest absolute Gasteiger partial charge is 0.244 e. The van der Waals surface area contributed by atoms with Gasteiger partial charge in [0.05, 0.1) is 27.0 Å². The summed E-state index contributed by atoms with van der Waals surface area (Å²) in [6.45, 7) is 3.15. The lowest BCUT2D eigenvalue weighted by atomic mass is 10.1. The Kier molecular flexibility index (Phi) is 9.70. The maximum absolute atomic E-state index is 13.4. The molecule has 1 N–H and O–H groups in total. The first-order chi connectivity index (χ1) is 15.3. The molecular weight excluding hydrogens is 532 g/mol. The fourth-order valence-electron chi connectivity index (χ4n) is 2.99. The average Bonchev–Trinajstić information content (AvgIpc) is 2.73. The van der Waals surface area contributed by atoms with E-state index in [9.17, 15) is 18.0 Å². The molecule has 0 bridgehead atoms. The van der Waals surface area contributed by atoms with Gasteiger partial charge in [0.1, 0.15) is 12.6 Å². The Morgan fingerprint density at radius 2 is 1.58 bits per heavy atom. The van der Waals surface area contributed by atoms with Gasteiger partial charge in [-0.2, -0.15) is 0 Å². The van der Waals surface area contributed by atoms with E-state index in [-0.39, 0.29) is 33.2 Å². The fourth-order valence-corrected chi connectivity index (χ4v) is 4.66. The lowest BCUT2D eigenvalue weighted by molar-refractivity contribution is -0.139. The monoisotopic (exact) mass is 553 g/mol. The molecule has 0 fully saturated rings. The van der Waals surface area contributed by atoms with E-state index in [1.807, 2.05) is 0 Å². The Morgan fingerprint density at radius 1 is 1.00 bits per heavy atom. The van der Waals surface area contributed by atoms with Crippen molar-refractivity contribution in [3.8, 4) is 0 Å². The number of rotatable bonds is 9. The molecule has 0 aliphatic carbocycles. The van der Waals surface area contributed by atoms with Crippen molar-refractivity contribution < 1.29 is 18.0 Å². The van der Waals surface area contributed by atoms with Crippen LogP contribution in [-0.2, 0) is 26.2 Å². The van der Waals surface area contributed by atoms with Crippen molar-refractivity contribution >= 4 is 73.9 Å². The number of nitrogens with zero attached hydrogens (tertiary/aromatic N) is 2. The minimum absolute atomic E-state index is 0.000905. The zero-order chi connectivity index (χ0) is 24.9. The number of nitrogens with one attached hydrogen (secondary N) is 1. The first kappa shape index (κ1) is 27.5. The minimum atomic E-state index is -3.95. The second-order valence-corrected chi connectivity index (χ2v) is 10.8. The number of benzene rings is 2. The van der Waals surface area contributed by atoms with Crippen LogP contribution < -0.4 is 9.62 Å². The number of halogens is 4. The zero-order valence-corrected chi connectivity index (χ0v) is 22.0. The van der Waals surface area contributed by atoms with Gasteiger partial charge in [-0.3, -0.25) is 13.9 Å². The first-order valence-electron chi connectivity index (χ1n) is 9.79. The summed E-state index contributed by atoms with van der Waals surface area (Å²) in [5.74, 6) is -0.991. The van der Waals surface area contributed by atoms with Crippen LogP contribution in [0.2, 0.25) is 20.1 Å². The largest absolute Gasteiger partial charge is 0.355 e. The molecule has 0 aliphatic rings. The second-order valence-electron chi connectivity index (χ2n) is 7.21. The van der Waals surface area contributed by atoms with Crippen LogP contribution in [0.15, 0.2) is 36.4 Å². The molecule has 2 rings (SSSR count). The highest BCUT2D eigenvalue weighted by Crippen LogP contribution is 2.35. The van der Waals surface area contributed by atoms with Crippen molar-refractivity contribution in [2.24, 2.45) is 0 Å². The number of carbonyl (C=O) groups is 2. The summed E-state index contributed by atoms with van der Waals surface area (Å²) < 4.78 is 26.0. The summed E-state index contributed by atoms with van der Waals surface area (Å²) in [6.07, 6.45) is 0.940. The summed E-state index contributed by atoms with van der Waals surface area (Å²) in [5.41, 5.74) is 0.710. The van der Waals surface area contributed by atoms with Crippen molar-refractivity contribution in [1.82, 2.24) is 10.2 Å². The van der Waals surface area contributed by atoms with Gasteiger partial charge in [-0.1, -0.05) is 58.5 Å². The third-order valence-corrected chi connectivity index (χ3v) is 7.13. The predicted molar refractivity (Wildman–Crippen MR) is 134 cm³/mol. The molecule has 0 saturated carbocycles. The van der Waals surface area contributed by atoms with Gasteiger partial charge in [0, 0.05) is 18.1 Å². The quantitative estimate of drug-likeness (QED) is 0.458. The number of hydrogen-bond acceptors (Lipinski definition) is 4. The number of amides is 2. The normalized spacial score (nSPS) is 12.2. The van der Waals surface area contributed by atoms with Gasteiger partial charge in [0.15, 0.2) is 0 Å². The second kappa shape index (κ2) is 11.6. The number of anilines is 1. The van der Waals surface area contributed by atoms with Crippen LogP contribution in [0.5, 0.6) is 0 Å². The highest BCUT2D eigenvalue weighted by atomic mass is 35.5. The summed E-state index contributed by atoms with van der Waals surface area (Å²) in [6, 6.07) is 8.46. The maximum atomic E-state index is 13.4. The first-order valence-corrected chi connectivity index (χ1v) is 13.1. The van der Waals surface area contributed by atoms with Gasteiger partial charge in [-0.05, 0) is 43.7 Å². The summed E-state index contributed by atoms with van der Waals surface area (Å²) in [5, 5.41) is 3.41. The summed E-state index contributed by atoms with van der Waals surface area (Å²) in [7, 11) is -3.95. The van der Waals surface area contributed by atoms with E-state index in [1.54, 1.807) is 38.1 Å². The van der Waals surface area contributed by atoms with Crippen molar-refractivity contribution in [1.29, 1.82) is 0 Å². The lowest BCUT2D eigenvalue weighted by Gasteiger charge is -2.31. The molecule has 0 aromatic heterocycles. The van der Waals surface area contributed by atoms with Crippen molar-refractivity contribution in [3.05, 3.63) is 62.1 Å². The Balaban J connectivity index is 2.44. The Labute approximate surface area is 213 Å². The van der Waals surface area contributed by atoms with Crippen molar-refractivity contribution in [2.75, 3.05) is 23.7 Å². The fraction of sp³-hybridized carbons (Fsp3) is 0.333. The van der Waals surface area contributed by atoms with Crippen molar-refractivity contribution in [2.45, 2.75) is 26.4 Å². The molecule has 12 heteroatoms. The number of sulfonamides is 1. The van der Waals surface area contributed by atoms with Crippen molar-refractivity contribution in [3.63, 3.8) is 0 Å². The lowest BCUT2D eigenvalue weighted by Crippen LogP contribution is -2.51. The van der Waals surface area contributed by atoms with E-state index in [0.29, 0.717) is 17.1 Å². The van der Waals surface area contributed by atoms with Crippen LogP contribution in [0, 0.1) is 0 Å². The minimum Gasteiger partial charge on any atom is -0.355 e. The standard InChI is InChI=1S/C21H23Cl4N3O4S/c1-4-26-21(30)13(2)27(11-14-5-7-15(22)8-6-14)20(29)12-28(33(3,31)32)19-10-17(24)16(23)9-18(19)25/h5-10,13H,4,11-12H2,1-3H3,(H,26,30)/t13-/m0/s1. The molecule has 1 atom stereocenters. The van der Waals surface area contributed by atoms with E-state index in [2.05, 4.69) is 5.32 Å². The Bertz CT molecular complexity index is 1130. The topological polar surface area (TPSA) is 86.8 Å². The molecule has 180 valence electrons. The SMILES string of the molecule is CCNC(=O)[C@H](C)N(Cc1ccc(Cl)cc1)C(=O)CN(c1cc(Cl)c(Cl)cc1Cl)S(C)(=O)=O. The van der Waals surface area contributed by atoms with Gasteiger partial charge in [-0.15, -0.1) is 0 Å². The number of likely N-dealkylation sites (N-methyl/N-ethyl adjacent to an activating group) is 1. The van der Waals surface area contributed by atoms with Crippen LogP contribution in [0.4, 0.5) is 5.69 Å². The molecule has 7 nitrogen and oxygen atoms in total. The molecule has 0 aliphatic heterocycles. The van der Waals surface area contributed by atoms with Crippen LogP contribution in [0.1, 0.15) is 19.4 Å². The molecule has 0 saturated heterocycles.